The zero-order valence-electron chi connectivity index (χ0n) is 10.2. The van der Waals surface area contributed by atoms with Crippen molar-refractivity contribution in [3.05, 3.63) is 23.8 Å². The number of rotatable bonds is 4. The van der Waals surface area contributed by atoms with E-state index in [0.29, 0.717) is 13.1 Å². The van der Waals surface area contributed by atoms with Crippen LogP contribution < -0.4 is 16.5 Å². The normalized spacial score (nSPS) is 18.1. The van der Waals surface area contributed by atoms with Crippen molar-refractivity contribution in [2.75, 3.05) is 18.4 Å². The monoisotopic (exact) mass is 232 g/mol. The molecule has 90 valence electrons. The Bertz CT molecular complexity index is 437. The molecule has 1 atom stereocenters. The lowest BCUT2D eigenvalue weighted by atomic mass is 9.64. The Kier molecular flexibility index (Phi) is 3.50. The minimum Gasteiger partial charge on any atom is -0.423 e. The summed E-state index contributed by atoms with van der Waals surface area (Å²) in [5, 5.41) is 3.09. The Morgan fingerprint density at radius 1 is 1.59 bits per heavy atom. The van der Waals surface area contributed by atoms with Gasteiger partial charge in [0, 0.05) is 12.2 Å². The van der Waals surface area contributed by atoms with Crippen LogP contribution in [0.3, 0.4) is 0 Å². The van der Waals surface area contributed by atoms with Crippen molar-refractivity contribution in [2.45, 2.75) is 19.9 Å². The van der Waals surface area contributed by atoms with Crippen LogP contribution in [-0.4, -0.2) is 25.8 Å². The van der Waals surface area contributed by atoms with Crippen molar-refractivity contribution < 1.29 is 9.45 Å². The summed E-state index contributed by atoms with van der Waals surface area (Å²) >= 11 is 0. The van der Waals surface area contributed by atoms with E-state index in [4.69, 9.17) is 10.4 Å². The fraction of sp³-hybridized carbons (Fsp3) is 0.417. The minimum atomic E-state index is 0.00172. The van der Waals surface area contributed by atoms with Crippen molar-refractivity contribution in [1.82, 2.24) is 0 Å². The lowest BCUT2D eigenvalue weighted by Crippen LogP contribution is -2.25. The molecule has 0 spiro atoms. The summed E-state index contributed by atoms with van der Waals surface area (Å²) in [6.45, 7) is 4.50. The van der Waals surface area contributed by atoms with Crippen molar-refractivity contribution in [2.24, 2.45) is 5.73 Å². The summed E-state index contributed by atoms with van der Waals surface area (Å²) in [6, 6.07) is 6.03. The smallest absolute Gasteiger partial charge is 0.324 e. The van der Waals surface area contributed by atoms with Gasteiger partial charge in [-0.1, -0.05) is 12.9 Å². The summed E-state index contributed by atoms with van der Waals surface area (Å²) in [7, 11) is 0. The van der Waals surface area contributed by atoms with Gasteiger partial charge < -0.3 is 15.7 Å². The quantitative estimate of drug-likeness (QED) is 0.744. The van der Waals surface area contributed by atoms with Gasteiger partial charge >= 0.3 is 6.92 Å². The van der Waals surface area contributed by atoms with Gasteiger partial charge in [0.2, 0.25) is 0 Å². The molecule has 3 N–H and O–H groups in total. The van der Waals surface area contributed by atoms with Crippen LogP contribution in [0.15, 0.2) is 18.2 Å². The second-order valence-corrected chi connectivity index (χ2v) is 4.40. The maximum atomic E-state index is 10.9. The predicted molar refractivity (Wildman–Crippen MR) is 69.7 cm³/mol. The lowest BCUT2D eigenvalue weighted by Gasteiger charge is -2.10. The molecule has 2 rings (SSSR count). The number of carbonyl (C=O) groups is 1. The molecular weight excluding hydrogens is 215 g/mol. The molecule has 4 nitrogen and oxygen atoms in total. The number of nitrogens with one attached hydrogen (secondary N) is 1. The van der Waals surface area contributed by atoms with E-state index in [1.165, 1.54) is 0 Å². The number of hydrogen-bond acceptors (Lipinski definition) is 4. The van der Waals surface area contributed by atoms with Gasteiger partial charge in [-0.05, 0) is 30.1 Å². The average Bonchev–Trinajstić information content (AvgIpc) is 2.63. The molecule has 1 aromatic carbocycles. The van der Waals surface area contributed by atoms with E-state index in [1.807, 2.05) is 25.0 Å². The highest BCUT2D eigenvalue weighted by Crippen LogP contribution is 2.24. The molecule has 1 aliphatic heterocycles. The van der Waals surface area contributed by atoms with Gasteiger partial charge in [-0.15, -0.1) is 0 Å². The van der Waals surface area contributed by atoms with Gasteiger partial charge in [-0.25, -0.2) is 0 Å². The van der Waals surface area contributed by atoms with Gasteiger partial charge in [0.15, 0.2) is 0 Å². The Balaban J connectivity index is 2.19. The zero-order valence-corrected chi connectivity index (χ0v) is 10.2. The number of carbonyl (C=O) groups excluding carboxylic acids is 1. The fourth-order valence-electron chi connectivity index (χ4n) is 2.13. The highest BCUT2D eigenvalue weighted by atomic mass is 16.5. The second kappa shape index (κ2) is 4.90. The van der Waals surface area contributed by atoms with Crippen LogP contribution in [0.1, 0.15) is 18.6 Å². The maximum absolute atomic E-state index is 10.9. The lowest BCUT2D eigenvalue weighted by molar-refractivity contribution is -0.115. The summed E-state index contributed by atoms with van der Waals surface area (Å²) < 4.78 is 5.74. The molecule has 0 radical (unpaired) electrons. The average molecular weight is 232 g/mol. The van der Waals surface area contributed by atoms with Crippen LogP contribution in [0.2, 0.25) is 6.82 Å². The van der Waals surface area contributed by atoms with Crippen LogP contribution in [-0.2, 0) is 9.45 Å². The summed E-state index contributed by atoms with van der Waals surface area (Å²) in [4.78, 5) is 10.9. The van der Waals surface area contributed by atoms with Crippen LogP contribution in [0, 0.1) is 0 Å². The summed E-state index contributed by atoms with van der Waals surface area (Å²) in [5.41, 5.74) is 8.93. The topological polar surface area (TPSA) is 64.3 Å². The third-order valence-electron chi connectivity index (χ3n) is 3.00. The number of anilines is 1. The first-order chi connectivity index (χ1) is 8.11. The first-order valence-corrected chi connectivity index (χ1v) is 5.84. The van der Waals surface area contributed by atoms with Gasteiger partial charge in [0.05, 0.1) is 12.6 Å². The van der Waals surface area contributed by atoms with Gasteiger partial charge in [-0.3, -0.25) is 4.79 Å². The SMILES string of the molecule is CB1O[C@H](CN)c2ccc(NCC(C)=O)cc21. The van der Waals surface area contributed by atoms with E-state index in [1.54, 1.807) is 6.92 Å². The van der Waals surface area contributed by atoms with Gasteiger partial charge in [-0.2, -0.15) is 0 Å². The molecule has 0 saturated heterocycles. The van der Waals surface area contributed by atoms with Crippen molar-refractivity contribution in [1.29, 1.82) is 0 Å². The molecular formula is C12H17BN2O2. The molecule has 0 aromatic heterocycles. The molecule has 5 heteroatoms. The van der Waals surface area contributed by atoms with Crippen LogP contribution in [0.5, 0.6) is 0 Å². The third kappa shape index (κ3) is 2.51. The Morgan fingerprint density at radius 3 is 3.00 bits per heavy atom. The molecule has 0 fully saturated rings. The van der Waals surface area contributed by atoms with Crippen LogP contribution >= 0.6 is 0 Å². The van der Waals surface area contributed by atoms with Crippen molar-refractivity contribution >= 4 is 23.8 Å². The first kappa shape index (κ1) is 12.1. The molecule has 1 heterocycles. The van der Waals surface area contributed by atoms with Crippen molar-refractivity contribution in [3.8, 4) is 0 Å². The maximum Gasteiger partial charge on any atom is 0.324 e. The zero-order chi connectivity index (χ0) is 12.4. The second-order valence-electron chi connectivity index (χ2n) is 4.40. The number of Topliss-reactive ketones (excluding diaryl/α,β-unsaturated/α-hetero) is 1. The molecule has 17 heavy (non-hydrogen) atoms. The third-order valence-corrected chi connectivity index (χ3v) is 3.00. The summed E-state index contributed by atoms with van der Waals surface area (Å²) in [6.07, 6.45) is 0.00172. The highest BCUT2D eigenvalue weighted by Gasteiger charge is 2.30. The van der Waals surface area contributed by atoms with E-state index in [0.717, 1.165) is 16.7 Å². The molecule has 1 aromatic rings. The molecule has 0 bridgehead atoms. The molecule has 0 saturated carbocycles. The summed E-state index contributed by atoms with van der Waals surface area (Å²) in [5.74, 6) is 0.120. The molecule has 0 amide bonds. The number of nitrogens with two attached hydrogens (primary N) is 1. The molecule has 0 aliphatic carbocycles. The largest absolute Gasteiger partial charge is 0.423 e. The highest BCUT2D eigenvalue weighted by molar-refractivity contribution is 6.67. The van der Waals surface area contributed by atoms with Gasteiger partial charge in [0.1, 0.15) is 5.78 Å². The van der Waals surface area contributed by atoms with Crippen molar-refractivity contribution in [3.63, 3.8) is 0 Å². The molecule has 1 aliphatic rings. The van der Waals surface area contributed by atoms with Crippen LogP contribution in [0.25, 0.3) is 0 Å². The molecule has 0 unspecified atom stereocenters. The first-order valence-electron chi connectivity index (χ1n) is 5.84. The van der Waals surface area contributed by atoms with E-state index in [2.05, 4.69) is 5.32 Å². The minimum absolute atomic E-state index is 0.00172. The number of hydrogen-bond donors (Lipinski definition) is 2. The van der Waals surface area contributed by atoms with E-state index >= 15 is 0 Å². The fourth-order valence-corrected chi connectivity index (χ4v) is 2.13. The number of benzene rings is 1. The van der Waals surface area contributed by atoms with E-state index in [-0.39, 0.29) is 18.8 Å². The number of fused-ring (bicyclic) bond motifs is 1. The van der Waals surface area contributed by atoms with Crippen LogP contribution in [0.4, 0.5) is 5.69 Å². The standard InChI is InChI=1S/C12H17BN2O2/c1-8(16)7-15-9-3-4-10-11(5-9)13(2)17-12(10)6-14/h3-5,12,15H,6-7,14H2,1-2H3/t12-/m1/s1. The predicted octanol–water partition coefficient (Wildman–Crippen LogP) is 0.546. The van der Waals surface area contributed by atoms with E-state index in [9.17, 15) is 4.79 Å². The Labute approximate surface area is 102 Å². The van der Waals surface area contributed by atoms with E-state index < -0.39 is 0 Å². The Morgan fingerprint density at radius 2 is 2.35 bits per heavy atom. The number of ketones is 1. The van der Waals surface area contributed by atoms with Gasteiger partial charge in [0.25, 0.3) is 0 Å². The Hall–Kier alpha value is -1.33.